The molecule has 0 aliphatic rings. The first-order valence-electron chi connectivity index (χ1n) is 9.77. The Hall–Kier alpha value is -3.14. The third-order valence-electron chi connectivity index (χ3n) is 4.59. The molecule has 168 valence electrons. The minimum absolute atomic E-state index is 0.0358. The van der Waals surface area contributed by atoms with Crippen LogP contribution in [-0.4, -0.2) is 45.2 Å². The first-order chi connectivity index (χ1) is 14.6. The van der Waals surface area contributed by atoms with Gasteiger partial charge in [-0.2, -0.15) is 0 Å². The number of benzene rings is 2. The summed E-state index contributed by atoms with van der Waals surface area (Å²) in [6.45, 7) is 4.15. The summed E-state index contributed by atoms with van der Waals surface area (Å²) in [4.78, 5) is 22.7. The normalized spacial score (nSPS) is 11.1. The zero-order chi connectivity index (χ0) is 23.0. The van der Waals surface area contributed by atoms with Crippen molar-refractivity contribution in [2.45, 2.75) is 26.7 Å². The number of nitro groups is 1. The highest BCUT2D eigenvalue weighted by molar-refractivity contribution is 7.92. The number of nitro benzene ring substituents is 1. The molecule has 10 heteroatoms. The first kappa shape index (κ1) is 24.1. The van der Waals surface area contributed by atoms with Gasteiger partial charge in [-0.15, -0.1) is 0 Å². The number of hydrogen-bond acceptors (Lipinski definition) is 6. The molecule has 0 fully saturated rings. The molecule has 2 aromatic carbocycles. The lowest BCUT2D eigenvalue weighted by Gasteiger charge is -2.24. The van der Waals surface area contributed by atoms with E-state index < -0.39 is 14.9 Å². The van der Waals surface area contributed by atoms with Crippen LogP contribution in [0.2, 0.25) is 0 Å². The van der Waals surface area contributed by atoms with E-state index in [1.165, 1.54) is 25.1 Å². The zero-order valence-electron chi connectivity index (χ0n) is 17.8. The number of aryl methyl sites for hydroxylation is 1. The number of sulfonamides is 1. The molecule has 0 aliphatic carbocycles. The van der Waals surface area contributed by atoms with Gasteiger partial charge in [0.25, 0.3) is 5.69 Å². The van der Waals surface area contributed by atoms with E-state index in [9.17, 15) is 23.3 Å². The van der Waals surface area contributed by atoms with Gasteiger partial charge in [0.1, 0.15) is 12.4 Å². The predicted octanol–water partition coefficient (Wildman–Crippen LogP) is 2.95. The lowest BCUT2D eigenvalue weighted by molar-refractivity contribution is -0.385. The lowest BCUT2D eigenvalue weighted by atomic mass is 10.1. The van der Waals surface area contributed by atoms with Crippen molar-refractivity contribution in [3.8, 4) is 5.75 Å². The summed E-state index contributed by atoms with van der Waals surface area (Å²) in [5.74, 6) is 0.502. The summed E-state index contributed by atoms with van der Waals surface area (Å²) < 4.78 is 31.2. The van der Waals surface area contributed by atoms with Gasteiger partial charge in [0.15, 0.2) is 0 Å². The Kier molecular flexibility index (Phi) is 8.38. The van der Waals surface area contributed by atoms with E-state index >= 15 is 0 Å². The van der Waals surface area contributed by atoms with Crippen molar-refractivity contribution in [1.29, 1.82) is 0 Å². The number of carbonyl (C=O) groups excluding carboxylic acids is 1. The van der Waals surface area contributed by atoms with Crippen molar-refractivity contribution in [1.82, 2.24) is 5.32 Å². The topological polar surface area (TPSA) is 119 Å². The van der Waals surface area contributed by atoms with Crippen LogP contribution in [0.4, 0.5) is 11.4 Å². The number of anilines is 1. The second-order valence-corrected chi connectivity index (χ2v) is 9.04. The van der Waals surface area contributed by atoms with Crippen LogP contribution in [0.25, 0.3) is 0 Å². The molecule has 0 aromatic heterocycles. The summed E-state index contributed by atoms with van der Waals surface area (Å²) in [6, 6.07) is 11.9. The van der Waals surface area contributed by atoms with Gasteiger partial charge in [0.05, 0.1) is 29.0 Å². The van der Waals surface area contributed by atoms with Crippen LogP contribution in [-0.2, 0) is 14.8 Å². The van der Waals surface area contributed by atoms with Crippen LogP contribution in [0.15, 0.2) is 42.5 Å². The third-order valence-corrected chi connectivity index (χ3v) is 5.77. The van der Waals surface area contributed by atoms with Crippen molar-refractivity contribution in [2.75, 3.05) is 30.3 Å². The molecule has 0 heterocycles. The fourth-order valence-electron chi connectivity index (χ4n) is 3.08. The molecule has 1 N–H and O–H groups in total. The Morgan fingerprint density at radius 3 is 2.55 bits per heavy atom. The van der Waals surface area contributed by atoms with Gasteiger partial charge in [0, 0.05) is 19.0 Å². The third kappa shape index (κ3) is 7.25. The quantitative estimate of drug-likeness (QED) is 0.320. The van der Waals surface area contributed by atoms with Crippen LogP contribution >= 0.6 is 0 Å². The van der Waals surface area contributed by atoms with Gasteiger partial charge in [-0.1, -0.05) is 18.2 Å². The molecule has 0 aliphatic heterocycles. The molecule has 0 atom stereocenters. The molecule has 31 heavy (non-hydrogen) atoms. The summed E-state index contributed by atoms with van der Waals surface area (Å²) in [6.07, 6.45) is 1.41. The molecular formula is C21H27N3O6S. The van der Waals surface area contributed by atoms with Crippen LogP contribution in [0.5, 0.6) is 5.75 Å². The van der Waals surface area contributed by atoms with Crippen LogP contribution < -0.4 is 14.4 Å². The molecule has 0 radical (unpaired) electrons. The van der Waals surface area contributed by atoms with E-state index in [-0.39, 0.29) is 42.2 Å². The SMILES string of the molecule is Cc1cccc(OCCNC(=O)CCCN(c2cccc([N+](=O)[O-])c2C)S(C)(=O)=O)c1. The maximum absolute atomic E-state index is 12.2. The van der Waals surface area contributed by atoms with E-state index in [1.807, 2.05) is 31.2 Å². The fraction of sp³-hybridized carbons (Fsp3) is 0.381. The molecule has 0 saturated heterocycles. The van der Waals surface area contributed by atoms with Gasteiger partial charge in [-0.25, -0.2) is 8.42 Å². The van der Waals surface area contributed by atoms with Crippen molar-refractivity contribution in [3.05, 3.63) is 63.7 Å². The molecule has 2 rings (SSSR count). The number of carbonyl (C=O) groups is 1. The van der Waals surface area contributed by atoms with Crippen LogP contribution in [0, 0.1) is 24.0 Å². The van der Waals surface area contributed by atoms with Crippen LogP contribution in [0.1, 0.15) is 24.0 Å². The van der Waals surface area contributed by atoms with Crippen molar-refractivity contribution < 1.29 is 22.9 Å². The largest absolute Gasteiger partial charge is 0.492 e. The fourth-order valence-corrected chi connectivity index (χ4v) is 4.10. The summed E-state index contributed by atoms with van der Waals surface area (Å²) in [5.41, 5.74) is 1.42. The van der Waals surface area contributed by atoms with E-state index in [4.69, 9.17) is 4.74 Å². The minimum atomic E-state index is -3.68. The Bertz CT molecular complexity index is 1040. The summed E-state index contributed by atoms with van der Waals surface area (Å²) in [5, 5.41) is 13.9. The zero-order valence-corrected chi connectivity index (χ0v) is 18.6. The number of nitrogens with one attached hydrogen (secondary N) is 1. The Balaban J connectivity index is 1.87. The minimum Gasteiger partial charge on any atom is -0.492 e. The second kappa shape index (κ2) is 10.8. The van der Waals surface area contributed by atoms with Crippen molar-refractivity contribution in [3.63, 3.8) is 0 Å². The van der Waals surface area contributed by atoms with E-state index in [1.54, 1.807) is 0 Å². The van der Waals surface area contributed by atoms with Gasteiger partial charge in [-0.05, 0) is 44.0 Å². The maximum Gasteiger partial charge on any atom is 0.274 e. The average Bonchev–Trinajstić information content (AvgIpc) is 2.68. The summed E-state index contributed by atoms with van der Waals surface area (Å²) >= 11 is 0. The predicted molar refractivity (Wildman–Crippen MR) is 119 cm³/mol. The number of rotatable bonds is 11. The molecule has 0 saturated carbocycles. The number of hydrogen-bond donors (Lipinski definition) is 1. The molecule has 0 unspecified atom stereocenters. The highest BCUT2D eigenvalue weighted by Crippen LogP contribution is 2.30. The molecule has 0 spiro atoms. The lowest BCUT2D eigenvalue weighted by Crippen LogP contribution is -2.33. The molecule has 9 nitrogen and oxygen atoms in total. The Morgan fingerprint density at radius 1 is 1.19 bits per heavy atom. The van der Waals surface area contributed by atoms with Crippen molar-refractivity contribution in [2.24, 2.45) is 0 Å². The monoisotopic (exact) mass is 449 g/mol. The van der Waals surface area contributed by atoms with E-state index in [0.717, 1.165) is 21.9 Å². The smallest absolute Gasteiger partial charge is 0.274 e. The number of nitrogens with zero attached hydrogens (tertiary/aromatic N) is 2. The average molecular weight is 450 g/mol. The standard InChI is InChI=1S/C21H27N3O6S/c1-16-7-4-8-18(15-16)30-14-12-22-21(25)11-6-13-23(31(3,28)29)19-9-5-10-20(17(19)2)24(26)27/h4-5,7-10,15H,6,11-14H2,1-3H3,(H,22,25). The van der Waals surface area contributed by atoms with Gasteiger partial charge < -0.3 is 10.1 Å². The Morgan fingerprint density at radius 2 is 1.90 bits per heavy atom. The van der Waals surface area contributed by atoms with Gasteiger partial charge in [-0.3, -0.25) is 19.2 Å². The molecule has 2 aromatic rings. The van der Waals surface area contributed by atoms with Gasteiger partial charge >= 0.3 is 0 Å². The van der Waals surface area contributed by atoms with Crippen molar-refractivity contribution >= 4 is 27.3 Å². The van der Waals surface area contributed by atoms with Gasteiger partial charge in [0.2, 0.25) is 15.9 Å². The molecular weight excluding hydrogens is 422 g/mol. The number of amides is 1. The van der Waals surface area contributed by atoms with E-state index in [0.29, 0.717) is 13.2 Å². The maximum atomic E-state index is 12.2. The van der Waals surface area contributed by atoms with E-state index in [2.05, 4.69) is 5.32 Å². The highest BCUT2D eigenvalue weighted by atomic mass is 32.2. The number of ether oxygens (including phenoxy) is 1. The molecule has 0 bridgehead atoms. The highest BCUT2D eigenvalue weighted by Gasteiger charge is 2.23. The summed E-state index contributed by atoms with van der Waals surface area (Å²) in [7, 11) is -3.68. The first-order valence-corrected chi connectivity index (χ1v) is 11.6. The molecule has 1 amide bonds. The Labute approximate surface area is 182 Å². The second-order valence-electron chi connectivity index (χ2n) is 7.13. The van der Waals surface area contributed by atoms with Crippen LogP contribution in [0.3, 0.4) is 0 Å².